The lowest BCUT2D eigenvalue weighted by atomic mass is 10.1. The van der Waals surface area contributed by atoms with E-state index < -0.39 is 8.07 Å². The molecule has 0 bridgehead atoms. The van der Waals surface area contributed by atoms with Gasteiger partial charge in [-0.3, -0.25) is 0 Å². The third kappa shape index (κ3) is 3.20. The molecule has 0 amide bonds. The molecule has 0 spiro atoms. The normalized spacial score (nSPS) is 14.5. The molecule has 0 aromatic carbocycles. The monoisotopic (exact) mass is 395 g/mol. The van der Waals surface area contributed by atoms with E-state index in [-0.39, 0.29) is 6.04 Å². The Bertz CT molecular complexity index is 1120. The van der Waals surface area contributed by atoms with Crippen LogP contribution < -0.4 is 10.3 Å². The Morgan fingerprint density at radius 1 is 1.29 bits per heavy atom. The quantitative estimate of drug-likeness (QED) is 0.418. The largest absolute Gasteiger partial charge is 0.359 e. The summed E-state index contributed by atoms with van der Waals surface area (Å²) in [5, 5.41) is 10.0. The zero-order valence-electron chi connectivity index (χ0n) is 17.4. The molecule has 1 aliphatic carbocycles. The Morgan fingerprint density at radius 3 is 2.61 bits per heavy atom. The number of anilines is 1. The van der Waals surface area contributed by atoms with Gasteiger partial charge in [-0.2, -0.15) is 5.10 Å². The van der Waals surface area contributed by atoms with Crippen LogP contribution in [0.4, 0.5) is 5.82 Å². The van der Waals surface area contributed by atoms with Crippen molar-refractivity contribution in [1.82, 2.24) is 19.9 Å². The van der Waals surface area contributed by atoms with E-state index in [1.54, 1.807) is 10.9 Å². The SMILES string of the molecule is CC(C)n1nc(-c2noc(C3CC3)c2C#C[Si](C)(C)C)c2c(N)[n+](C)cnc21. The molecule has 4 rings (SSSR count). The van der Waals surface area contributed by atoms with Crippen LogP contribution in [0.3, 0.4) is 0 Å². The fourth-order valence-corrected chi connectivity index (χ4v) is 3.65. The molecule has 2 N–H and O–H groups in total. The van der Waals surface area contributed by atoms with Crippen molar-refractivity contribution in [3.63, 3.8) is 0 Å². The van der Waals surface area contributed by atoms with Crippen LogP contribution in [0, 0.1) is 11.5 Å². The first kappa shape index (κ1) is 18.7. The predicted molar refractivity (Wildman–Crippen MR) is 111 cm³/mol. The van der Waals surface area contributed by atoms with Crippen LogP contribution >= 0.6 is 0 Å². The molecule has 7 nitrogen and oxygen atoms in total. The standard InChI is InChI=1S/C20H26N6OSi/c1-12(2)26-20-15(19(21)25(3)11-22-20)17(23-26)16-14(9-10-28(4,5)6)18(27-24-16)13-7-8-13/h11-13,21H,7-8H2,1-6H3/p+1. The number of nitrogens with two attached hydrogens (primary N) is 1. The number of nitrogen functional groups attached to an aromatic ring is 1. The number of rotatable bonds is 3. The van der Waals surface area contributed by atoms with Crippen LogP contribution in [-0.4, -0.2) is 28.0 Å². The molecule has 0 atom stereocenters. The Balaban J connectivity index is 2.01. The Morgan fingerprint density at radius 2 is 2.00 bits per heavy atom. The molecular weight excluding hydrogens is 368 g/mol. The topological polar surface area (TPSA) is 86.6 Å². The van der Waals surface area contributed by atoms with Crippen molar-refractivity contribution in [2.75, 3.05) is 5.73 Å². The molecule has 1 aliphatic rings. The lowest BCUT2D eigenvalue weighted by molar-refractivity contribution is -0.658. The third-order valence-electron chi connectivity index (χ3n) is 4.82. The lowest BCUT2D eigenvalue weighted by Crippen LogP contribution is -2.32. The van der Waals surface area contributed by atoms with E-state index in [1.807, 2.05) is 11.7 Å². The van der Waals surface area contributed by atoms with Crippen molar-refractivity contribution in [1.29, 1.82) is 0 Å². The predicted octanol–water partition coefficient (Wildman–Crippen LogP) is 3.18. The number of aromatic nitrogens is 5. The third-order valence-corrected chi connectivity index (χ3v) is 5.69. The van der Waals surface area contributed by atoms with E-state index in [2.05, 4.69) is 55.1 Å². The Labute approximate surface area is 165 Å². The summed E-state index contributed by atoms with van der Waals surface area (Å²) >= 11 is 0. The van der Waals surface area contributed by atoms with E-state index in [4.69, 9.17) is 15.4 Å². The number of aryl methyl sites for hydroxylation is 1. The van der Waals surface area contributed by atoms with Gasteiger partial charge in [0.15, 0.2) is 11.5 Å². The van der Waals surface area contributed by atoms with Gasteiger partial charge in [-0.1, -0.05) is 35.7 Å². The van der Waals surface area contributed by atoms with E-state index in [1.165, 1.54) is 0 Å². The average molecular weight is 396 g/mol. The van der Waals surface area contributed by atoms with Gasteiger partial charge in [-0.25, -0.2) is 9.25 Å². The molecule has 3 aromatic heterocycles. The smallest absolute Gasteiger partial charge is 0.242 e. The van der Waals surface area contributed by atoms with Crippen molar-refractivity contribution in [2.24, 2.45) is 7.05 Å². The van der Waals surface area contributed by atoms with Crippen LogP contribution in [-0.2, 0) is 7.05 Å². The maximum atomic E-state index is 6.42. The molecule has 0 aliphatic heterocycles. The first-order valence-corrected chi connectivity index (χ1v) is 13.2. The summed E-state index contributed by atoms with van der Waals surface area (Å²) in [6.45, 7) is 10.8. The zero-order chi connectivity index (χ0) is 20.2. The molecule has 0 saturated heterocycles. The van der Waals surface area contributed by atoms with Gasteiger partial charge in [-0.15, -0.1) is 5.54 Å². The number of hydrogen-bond acceptors (Lipinski definition) is 5. The second-order valence-corrected chi connectivity index (χ2v) is 13.6. The fourth-order valence-electron chi connectivity index (χ4n) is 3.15. The molecule has 3 aromatic rings. The van der Waals surface area contributed by atoms with Crippen molar-refractivity contribution < 1.29 is 9.09 Å². The molecule has 1 saturated carbocycles. The summed E-state index contributed by atoms with van der Waals surface area (Å²) in [6.07, 6.45) is 3.96. The molecule has 0 unspecified atom stereocenters. The van der Waals surface area contributed by atoms with Gasteiger partial charge in [0, 0.05) is 5.92 Å². The van der Waals surface area contributed by atoms with Crippen molar-refractivity contribution >= 4 is 24.9 Å². The molecule has 3 heterocycles. The summed E-state index contributed by atoms with van der Waals surface area (Å²) < 4.78 is 9.46. The van der Waals surface area contributed by atoms with Crippen LogP contribution in [0.2, 0.25) is 19.6 Å². The molecule has 1 fully saturated rings. The van der Waals surface area contributed by atoms with Gasteiger partial charge < -0.3 is 10.3 Å². The van der Waals surface area contributed by atoms with Gasteiger partial charge in [0.1, 0.15) is 19.2 Å². The summed E-state index contributed by atoms with van der Waals surface area (Å²) in [4.78, 5) is 4.57. The molecule has 146 valence electrons. The zero-order valence-corrected chi connectivity index (χ0v) is 18.4. The van der Waals surface area contributed by atoms with Gasteiger partial charge in [0.25, 0.3) is 0 Å². The van der Waals surface area contributed by atoms with Gasteiger partial charge >= 0.3 is 0 Å². The Hall–Kier alpha value is -2.66. The Kier molecular flexibility index (Phi) is 4.30. The van der Waals surface area contributed by atoms with Crippen LogP contribution in [0.25, 0.3) is 22.4 Å². The van der Waals surface area contributed by atoms with Crippen molar-refractivity contribution in [2.45, 2.75) is 58.3 Å². The number of fused-ring (bicyclic) bond motifs is 1. The molecule has 0 radical (unpaired) electrons. The first-order valence-electron chi connectivity index (χ1n) is 9.73. The second kappa shape index (κ2) is 6.45. The van der Waals surface area contributed by atoms with Gasteiger partial charge in [0.05, 0.1) is 18.7 Å². The summed E-state index contributed by atoms with van der Waals surface area (Å²) in [7, 11) is 0.320. The maximum absolute atomic E-state index is 6.42. The van der Waals surface area contributed by atoms with E-state index in [0.29, 0.717) is 23.1 Å². The number of hydrogen-bond donors (Lipinski definition) is 1. The van der Waals surface area contributed by atoms with Crippen LogP contribution in [0.5, 0.6) is 0 Å². The van der Waals surface area contributed by atoms with E-state index >= 15 is 0 Å². The minimum atomic E-state index is -1.56. The minimum absolute atomic E-state index is 0.141. The highest BCUT2D eigenvalue weighted by Crippen LogP contribution is 2.44. The highest BCUT2D eigenvalue weighted by Gasteiger charge is 2.34. The van der Waals surface area contributed by atoms with E-state index in [0.717, 1.165) is 35.2 Å². The minimum Gasteiger partial charge on any atom is -0.359 e. The fraction of sp³-hybridized carbons (Fsp3) is 0.500. The maximum Gasteiger partial charge on any atom is 0.242 e. The first-order chi connectivity index (χ1) is 13.2. The summed E-state index contributed by atoms with van der Waals surface area (Å²) in [6, 6.07) is 0.141. The van der Waals surface area contributed by atoms with Crippen molar-refractivity contribution in [3.05, 3.63) is 17.7 Å². The summed E-state index contributed by atoms with van der Waals surface area (Å²) in [5.74, 6) is 5.30. The van der Waals surface area contributed by atoms with Crippen molar-refractivity contribution in [3.8, 4) is 22.9 Å². The van der Waals surface area contributed by atoms with Crippen LogP contribution in [0.15, 0.2) is 10.9 Å². The van der Waals surface area contributed by atoms with Gasteiger partial charge in [-0.05, 0) is 26.7 Å². The molecule has 28 heavy (non-hydrogen) atoms. The van der Waals surface area contributed by atoms with E-state index in [9.17, 15) is 0 Å². The molecular formula is C20H27N6OSi+. The molecule has 8 heteroatoms. The van der Waals surface area contributed by atoms with Crippen LogP contribution in [0.1, 0.15) is 50.0 Å². The average Bonchev–Trinajstić information content (AvgIpc) is 3.24. The lowest BCUT2D eigenvalue weighted by Gasteiger charge is -2.04. The summed E-state index contributed by atoms with van der Waals surface area (Å²) in [5.41, 5.74) is 12.9. The highest BCUT2D eigenvalue weighted by molar-refractivity contribution is 6.83. The number of nitrogens with zero attached hydrogens (tertiary/aromatic N) is 5. The second-order valence-electron chi connectivity index (χ2n) is 8.87. The highest BCUT2D eigenvalue weighted by atomic mass is 28.3. The van der Waals surface area contributed by atoms with Gasteiger partial charge in [0.2, 0.25) is 17.8 Å².